The van der Waals surface area contributed by atoms with Gasteiger partial charge in [0.1, 0.15) is 11.6 Å². The molecule has 0 bridgehead atoms. The molecule has 0 radical (unpaired) electrons. The Balaban J connectivity index is 1.60. The van der Waals surface area contributed by atoms with Gasteiger partial charge in [-0.2, -0.15) is 0 Å². The second-order valence-corrected chi connectivity index (χ2v) is 6.66. The number of thiazole rings is 1. The van der Waals surface area contributed by atoms with Gasteiger partial charge in [0.15, 0.2) is 0 Å². The van der Waals surface area contributed by atoms with Gasteiger partial charge in [-0.15, -0.1) is 33.3 Å². The molecule has 0 aromatic carbocycles. The number of hydrogen-bond donors (Lipinski definition) is 0. The van der Waals surface area contributed by atoms with Gasteiger partial charge in [-0.25, -0.2) is 4.98 Å². The van der Waals surface area contributed by atoms with Crippen LogP contribution in [0.2, 0.25) is 0 Å². The fourth-order valence-electron chi connectivity index (χ4n) is 2.04. The highest BCUT2D eigenvalue weighted by atomic mass is 32.2. The maximum absolute atomic E-state index is 4.47. The van der Waals surface area contributed by atoms with Crippen LogP contribution in [-0.4, -0.2) is 19.7 Å². The van der Waals surface area contributed by atoms with E-state index in [0.29, 0.717) is 6.04 Å². The minimum atomic E-state index is 0.664. The molecule has 0 atom stereocenters. The maximum atomic E-state index is 4.47. The highest BCUT2D eigenvalue weighted by molar-refractivity contribution is 7.97. The highest BCUT2D eigenvalue weighted by Crippen LogP contribution is 2.37. The standard InChI is InChI=1S/C12H16N4S2/c1-8-14-15-12(16(8)11-3-4-11)7-17-5-10-6-18-9(2)13-10/h6,11H,3-5,7H2,1-2H3. The Morgan fingerprint density at radius 2 is 2.17 bits per heavy atom. The molecular weight excluding hydrogens is 264 g/mol. The number of rotatable bonds is 5. The van der Waals surface area contributed by atoms with Crippen LogP contribution in [0.5, 0.6) is 0 Å². The van der Waals surface area contributed by atoms with E-state index in [0.717, 1.165) is 28.2 Å². The second kappa shape index (κ2) is 5.01. The van der Waals surface area contributed by atoms with E-state index < -0.39 is 0 Å². The second-order valence-electron chi connectivity index (χ2n) is 4.62. The van der Waals surface area contributed by atoms with Crippen molar-refractivity contribution in [2.75, 3.05) is 0 Å². The predicted molar refractivity (Wildman–Crippen MR) is 74.9 cm³/mol. The average Bonchev–Trinajstić information content (AvgIpc) is 2.99. The molecule has 1 aliphatic carbocycles. The van der Waals surface area contributed by atoms with Gasteiger partial charge in [0, 0.05) is 17.2 Å². The van der Waals surface area contributed by atoms with Crippen molar-refractivity contribution in [1.29, 1.82) is 0 Å². The van der Waals surface area contributed by atoms with Crippen LogP contribution in [0, 0.1) is 13.8 Å². The zero-order valence-corrected chi connectivity index (χ0v) is 12.2. The molecule has 0 unspecified atom stereocenters. The van der Waals surface area contributed by atoms with Gasteiger partial charge in [0.25, 0.3) is 0 Å². The molecule has 2 aromatic rings. The lowest BCUT2D eigenvalue weighted by Gasteiger charge is -2.05. The minimum absolute atomic E-state index is 0.664. The Morgan fingerprint density at radius 3 is 2.83 bits per heavy atom. The van der Waals surface area contributed by atoms with Crippen LogP contribution in [-0.2, 0) is 11.5 Å². The smallest absolute Gasteiger partial charge is 0.143 e. The van der Waals surface area contributed by atoms with E-state index in [1.54, 1.807) is 11.3 Å². The van der Waals surface area contributed by atoms with Crippen LogP contribution in [0.15, 0.2) is 5.38 Å². The van der Waals surface area contributed by atoms with E-state index in [1.165, 1.54) is 18.5 Å². The largest absolute Gasteiger partial charge is 0.311 e. The van der Waals surface area contributed by atoms with Crippen molar-refractivity contribution in [3.8, 4) is 0 Å². The summed E-state index contributed by atoms with van der Waals surface area (Å²) < 4.78 is 2.30. The summed E-state index contributed by atoms with van der Waals surface area (Å²) in [5.41, 5.74) is 1.18. The first-order valence-corrected chi connectivity index (χ1v) is 8.16. The molecule has 18 heavy (non-hydrogen) atoms. The van der Waals surface area contributed by atoms with Gasteiger partial charge in [0.2, 0.25) is 0 Å². The first-order valence-electron chi connectivity index (χ1n) is 6.13. The van der Waals surface area contributed by atoms with Crippen LogP contribution < -0.4 is 0 Å². The van der Waals surface area contributed by atoms with Crippen molar-refractivity contribution in [1.82, 2.24) is 19.7 Å². The summed E-state index contributed by atoms with van der Waals surface area (Å²) in [6.45, 7) is 4.09. The van der Waals surface area contributed by atoms with Crippen LogP contribution in [0.25, 0.3) is 0 Å². The third-order valence-electron chi connectivity index (χ3n) is 3.00. The van der Waals surface area contributed by atoms with Crippen LogP contribution in [0.1, 0.15) is 41.2 Å². The van der Waals surface area contributed by atoms with Gasteiger partial charge in [-0.1, -0.05) is 0 Å². The van der Waals surface area contributed by atoms with Gasteiger partial charge >= 0.3 is 0 Å². The van der Waals surface area contributed by atoms with E-state index >= 15 is 0 Å². The monoisotopic (exact) mass is 280 g/mol. The lowest BCUT2D eigenvalue weighted by atomic mass is 10.5. The van der Waals surface area contributed by atoms with Gasteiger partial charge in [-0.3, -0.25) is 0 Å². The molecule has 0 N–H and O–H groups in total. The Hall–Kier alpha value is -0.880. The molecule has 96 valence electrons. The fourth-order valence-corrected chi connectivity index (χ4v) is 3.60. The molecule has 6 heteroatoms. The third kappa shape index (κ3) is 2.59. The molecule has 1 saturated carbocycles. The van der Waals surface area contributed by atoms with Crippen molar-refractivity contribution in [3.63, 3.8) is 0 Å². The Morgan fingerprint density at radius 1 is 1.33 bits per heavy atom. The summed E-state index contributed by atoms with van der Waals surface area (Å²) in [6.07, 6.45) is 2.56. The molecule has 2 heterocycles. The lowest BCUT2D eigenvalue weighted by molar-refractivity contribution is 0.683. The molecule has 1 fully saturated rings. The predicted octanol–water partition coefficient (Wildman–Crippen LogP) is 3.12. The number of aromatic nitrogens is 4. The zero-order chi connectivity index (χ0) is 12.5. The number of hydrogen-bond acceptors (Lipinski definition) is 5. The fraction of sp³-hybridized carbons (Fsp3) is 0.583. The van der Waals surface area contributed by atoms with E-state index in [2.05, 4.69) is 25.1 Å². The maximum Gasteiger partial charge on any atom is 0.143 e. The summed E-state index contributed by atoms with van der Waals surface area (Å²) >= 11 is 3.58. The number of thioether (sulfide) groups is 1. The molecule has 1 aliphatic rings. The first-order chi connectivity index (χ1) is 8.74. The van der Waals surface area contributed by atoms with E-state index in [-0.39, 0.29) is 0 Å². The molecule has 4 nitrogen and oxygen atoms in total. The van der Waals surface area contributed by atoms with Crippen molar-refractivity contribution < 1.29 is 0 Å². The molecule has 0 spiro atoms. The SMILES string of the molecule is Cc1nc(CSCc2nnc(C)n2C2CC2)cs1. The molecule has 2 aromatic heterocycles. The van der Waals surface area contributed by atoms with Crippen LogP contribution in [0.3, 0.4) is 0 Å². The highest BCUT2D eigenvalue weighted by Gasteiger charge is 2.27. The van der Waals surface area contributed by atoms with Crippen LogP contribution in [0.4, 0.5) is 0 Å². The molecular formula is C12H16N4S2. The topological polar surface area (TPSA) is 43.6 Å². The van der Waals surface area contributed by atoms with Crippen molar-refractivity contribution in [3.05, 3.63) is 27.7 Å². The molecule has 0 saturated heterocycles. The quantitative estimate of drug-likeness (QED) is 0.844. The van der Waals surface area contributed by atoms with Crippen molar-refractivity contribution in [2.45, 2.75) is 44.2 Å². The summed E-state index contributed by atoms with van der Waals surface area (Å²) in [5, 5.41) is 11.8. The summed E-state index contributed by atoms with van der Waals surface area (Å²) in [4.78, 5) is 4.47. The van der Waals surface area contributed by atoms with Gasteiger partial charge in [-0.05, 0) is 26.7 Å². The number of nitrogens with zero attached hydrogens (tertiary/aromatic N) is 4. The molecule has 0 amide bonds. The Kier molecular flexibility index (Phi) is 3.39. The number of aryl methyl sites for hydroxylation is 2. The van der Waals surface area contributed by atoms with E-state index in [4.69, 9.17) is 0 Å². The summed E-state index contributed by atoms with van der Waals surface area (Å²) in [5.74, 6) is 4.05. The van der Waals surface area contributed by atoms with E-state index in [1.807, 2.05) is 25.6 Å². The van der Waals surface area contributed by atoms with Crippen LogP contribution >= 0.6 is 23.1 Å². The minimum Gasteiger partial charge on any atom is -0.311 e. The Bertz CT molecular complexity index is 542. The van der Waals surface area contributed by atoms with Gasteiger partial charge in [0.05, 0.1) is 16.5 Å². The lowest BCUT2D eigenvalue weighted by Crippen LogP contribution is -2.02. The van der Waals surface area contributed by atoms with Gasteiger partial charge < -0.3 is 4.57 Å². The average molecular weight is 280 g/mol. The first kappa shape index (κ1) is 12.2. The van der Waals surface area contributed by atoms with E-state index in [9.17, 15) is 0 Å². The normalized spacial score (nSPS) is 15.2. The third-order valence-corrected chi connectivity index (χ3v) is 4.78. The Labute approximate surface area is 115 Å². The molecule has 0 aliphatic heterocycles. The summed E-state index contributed by atoms with van der Waals surface area (Å²) in [7, 11) is 0. The van der Waals surface area contributed by atoms with Crippen molar-refractivity contribution in [2.24, 2.45) is 0 Å². The summed E-state index contributed by atoms with van der Waals surface area (Å²) in [6, 6.07) is 0.664. The zero-order valence-electron chi connectivity index (χ0n) is 10.6. The van der Waals surface area contributed by atoms with Crippen molar-refractivity contribution >= 4 is 23.1 Å². The molecule has 3 rings (SSSR count).